The lowest BCUT2D eigenvalue weighted by atomic mass is 10.4. The summed E-state index contributed by atoms with van der Waals surface area (Å²) in [5, 5.41) is 2.70. The summed E-state index contributed by atoms with van der Waals surface area (Å²) in [5.41, 5.74) is 0. The second-order valence-electron chi connectivity index (χ2n) is 2.62. The Labute approximate surface area is 75.6 Å². The van der Waals surface area contributed by atoms with E-state index in [1.165, 1.54) is 7.05 Å². The van der Waals surface area contributed by atoms with Crippen molar-refractivity contribution in [2.45, 2.75) is 19.3 Å². The molecule has 0 saturated carbocycles. The zero-order valence-corrected chi connectivity index (χ0v) is 8.11. The Morgan fingerprint density at radius 3 is 2.15 bits per heavy atom. The number of rotatable bonds is 2. The molecule has 0 heterocycles. The van der Waals surface area contributed by atoms with Crippen LogP contribution in [0.5, 0.6) is 0 Å². The smallest absolute Gasteiger partial charge is 0.341 e. The van der Waals surface area contributed by atoms with E-state index in [-0.39, 0.29) is 0 Å². The van der Waals surface area contributed by atoms with Crippen molar-refractivity contribution in [2.75, 3.05) is 21.1 Å². The van der Waals surface area contributed by atoms with E-state index < -0.39 is 18.2 Å². The highest BCUT2D eigenvalue weighted by Crippen LogP contribution is 2.19. The molecule has 0 bridgehead atoms. The standard InChI is InChI=1S/C7H14F3N3/c1-5(11-2)13(4)6(12-3)7(8,9)10/h5,11H,1-4H3/b12-6-. The average molecular weight is 197 g/mol. The Morgan fingerprint density at radius 2 is 1.92 bits per heavy atom. The summed E-state index contributed by atoms with van der Waals surface area (Å²) < 4.78 is 36.8. The molecule has 1 N–H and O–H groups in total. The number of halogens is 3. The first kappa shape index (κ1) is 12.2. The molecular weight excluding hydrogens is 183 g/mol. The fourth-order valence-corrected chi connectivity index (χ4v) is 0.862. The first-order chi connectivity index (χ1) is 5.84. The fourth-order valence-electron chi connectivity index (χ4n) is 0.862. The molecule has 0 spiro atoms. The van der Waals surface area contributed by atoms with Gasteiger partial charge in [-0.3, -0.25) is 4.99 Å². The van der Waals surface area contributed by atoms with Crippen LogP contribution < -0.4 is 5.32 Å². The number of amidine groups is 1. The lowest BCUT2D eigenvalue weighted by molar-refractivity contribution is -0.0697. The molecule has 0 aromatic heterocycles. The minimum Gasteiger partial charge on any atom is -0.341 e. The molecule has 0 amide bonds. The second kappa shape index (κ2) is 4.45. The zero-order chi connectivity index (χ0) is 10.6. The van der Waals surface area contributed by atoms with Crippen molar-refractivity contribution in [3.63, 3.8) is 0 Å². The Balaban J connectivity index is 4.62. The maximum atomic E-state index is 12.3. The molecule has 0 rings (SSSR count). The molecule has 3 nitrogen and oxygen atoms in total. The Hall–Kier alpha value is -0.780. The number of aliphatic imine (C=N–C) groups is 1. The molecule has 1 unspecified atom stereocenters. The van der Waals surface area contributed by atoms with Gasteiger partial charge >= 0.3 is 6.18 Å². The van der Waals surface area contributed by atoms with Crippen LogP contribution in [0.2, 0.25) is 0 Å². The van der Waals surface area contributed by atoms with E-state index in [2.05, 4.69) is 10.3 Å². The van der Waals surface area contributed by atoms with Gasteiger partial charge in [0, 0.05) is 14.1 Å². The van der Waals surface area contributed by atoms with Crippen molar-refractivity contribution in [1.82, 2.24) is 10.2 Å². The molecule has 6 heteroatoms. The fraction of sp³-hybridized carbons (Fsp3) is 0.857. The van der Waals surface area contributed by atoms with Crippen molar-refractivity contribution >= 4 is 5.84 Å². The second-order valence-corrected chi connectivity index (χ2v) is 2.62. The molecular formula is C7H14F3N3. The van der Waals surface area contributed by atoms with Gasteiger partial charge < -0.3 is 10.2 Å². The van der Waals surface area contributed by atoms with Crippen LogP contribution in [0.3, 0.4) is 0 Å². The summed E-state index contributed by atoms with van der Waals surface area (Å²) in [5.74, 6) is -0.880. The summed E-state index contributed by atoms with van der Waals surface area (Å²) in [6.07, 6.45) is -4.80. The third-order valence-corrected chi connectivity index (χ3v) is 1.80. The van der Waals surface area contributed by atoms with Crippen LogP contribution in [-0.4, -0.2) is 44.2 Å². The van der Waals surface area contributed by atoms with Gasteiger partial charge in [0.05, 0.1) is 6.17 Å². The molecule has 0 saturated heterocycles. The van der Waals surface area contributed by atoms with Crippen molar-refractivity contribution in [1.29, 1.82) is 0 Å². The number of nitrogens with zero attached hydrogens (tertiary/aromatic N) is 2. The van der Waals surface area contributed by atoms with Gasteiger partial charge in [-0.25, -0.2) is 0 Å². The summed E-state index contributed by atoms with van der Waals surface area (Å²) in [6.45, 7) is 1.62. The Morgan fingerprint density at radius 1 is 1.46 bits per heavy atom. The summed E-state index contributed by atoms with van der Waals surface area (Å²) in [4.78, 5) is 4.25. The third kappa shape index (κ3) is 3.22. The van der Waals surface area contributed by atoms with E-state index in [1.807, 2.05) is 0 Å². The van der Waals surface area contributed by atoms with Gasteiger partial charge in [0.2, 0.25) is 5.84 Å². The van der Waals surface area contributed by atoms with E-state index in [1.54, 1.807) is 14.0 Å². The minimum atomic E-state index is -4.39. The number of hydrogen-bond donors (Lipinski definition) is 1. The molecule has 0 aliphatic heterocycles. The maximum absolute atomic E-state index is 12.3. The van der Waals surface area contributed by atoms with Gasteiger partial charge in [-0.1, -0.05) is 0 Å². The first-order valence-corrected chi connectivity index (χ1v) is 3.78. The minimum absolute atomic E-state index is 0.402. The first-order valence-electron chi connectivity index (χ1n) is 3.78. The normalized spacial score (nSPS) is 15.8. The van der Waals surface area contributed by atoms with Gasteiger partial charge in [-0.2, -0.15) is 13.2 Å². The van der Waals surface area contributed by atoms with Crippen molar-refractivity contribution in [2.24, 2.45) is 4.99 Å². The largest absolute Gasteiger partial charge is 0.449 e. The van der Waals surface area contributed by atoms with Crippen LogP contribution in [0.1, 0.15) is 6.92 Å². The van der Waals surface area contributed by atoms with Gasteiger partial charge in [-0.05, 0) is 14.0 Å². The van der Waals surface area contributed by atoms with Crippen LogP contribution in [0.4, 0.5) is 13.2 Å². The van der Waals surface area contributed by atoms with E-state index in [0.29, 0.717) is 0 Å². The molecule has 0 fully saturated rings. The molecule has 78 valence electrons. The molecule has 0 aromatic rings. The number of nitrogens with one attached hydrogen (secondary N) is 1. The zero-order valence-electron chi connectivity index (χ0n) is 8.11. The molecule has 0 aromatic carbocycles. The highest BCUT2D eigenvalue weighted by Gasteiger charge is 2.39. The Bertz CT molecular complexity index is 188. The summed E-state index contributed by atoms with van der Waals surface area (Å²) >= 11 is 0. The van der Waals surface area contributed by atoms with E-state index >= 15 is 0 Å². The molecule has 13 heavy (non-hydrogen) atoms. The van der Waals surface area contributed by atoms with Crippen molar-refractivity contribution in [3.05, 3.63) is 0 Å². The molecule has 0 aliphatic carbocycles. The van der Waals surface area contributed by atoms with Crippen LogP contribution in [0, 0.1) is 0 Å². The lowest BCUT2D eigenvalue weighted by Gasteiger charge is -2.28. The summed E-state index contributed by atoms with van der Waals surface area (Å²) in [6, 6.07) is 0. The summed E-state index contributed by atoms with van der Waals surface area (Å²) in [7, 11) is 4.06. The predicted octanol–water partition coefficient (Wildman–Crippen LogP) is 1.07. The molecule has 1 atom stereocenters. The molecule has 0 aliphatic rings. The number of alkyl halides is 3. The molecule has 0 radical (unpaired) electrons. The Kier molecular flexibility index (Phi) is 4.19. The average Bonchev–Trinajstić information content (AvgIpc) is 2.01. The highest BCUT2D eigenvalue weighted by molar-refractivity contribution is 5.87. The van der Waals surface area contributed by atoms with Crippen molar-refractivity contribution in [3.8, 4) is 0 Å². The monoisotopic (exact) mass is 197 g/mol. The van der Waals surface area contributed by atoms with Crippen molar-refractivity contribution < 1.29 is 13.2 Å². The highest BCUT2D eigenvalue weighted by atomic mass is 19.4. The SMILES string of the molecule is C/N=C(\N(C)C(C)NC)C(F)(F)F. The lowest BCUT2D eigenvalue weighted by Crippen LogP contribution is -2.48. The van der Waals surface area contributed by atoms with Gasteiger partial charge in [0.1, 0.15) is 0 Å². The van der Waals surface area contributed by atoms with E-state index in [0.717, 1.165) is 11.9 Å². The van der Waals surface area contributed by atoms with Gasteiger partial charge in [0.15, 0.2) is 0 Å². The third-order valence-electron chi connectivity index (χ3n) is 1.80. The van der Waals surface area contributed by atoms with E-state index in [9.17, 15) is 13.2 Å². The van der Waals surface area contributed by atoms with Crippen LogP contribution >= 0.6 is 0 Å². The number of hydrogen-bond acceptors (Lipinski definition) is 2. The maximum Gasteiger partial charge on any atom is 0.449 e. The quantitative estimate of drug-likeness (QED) is 0.407. The van der Waals surface area contributed by atoms with E-state index in [4.69, 9.17) is 0 Å². The van der Waals surface area contributed by atoms with Crippen LogP contribution in [0.15, 0.2) is 4.99 Å². The van der Waals surface area contributed by atoms with Gasteiger partial charge in [0.25, 0.3) is 0 Å². The predicted molar refractivity (Wildman–Crippen MR) is 45.7 cm³/mol. The topological polar surface area (TPSA) is 27.6 Å². The van der Waals surface area contributed by atoms with Crippen LogP contribution in [-0.2, 0) is 0 Å². The van der Waals surface area contributed by atoms with Crippen LogP contribution in [0.25, 0.3) is 0 Å². The van der Waals surface area contributed by atoms with Gasteiger partial charge in [-0.15, -0.1) is 0 Å².